The lowest BCUT2D eigenvalue weighted by atomic mass is 10.2. The lowest BCUT2D eigenvalue weighted by molar-refractivity contribution is -0.113. The molecule has 0 bridgehead atoms. The second-order valence-electron chi connectivity index (χ2n) is 3.89. The number of nitrogens with one attached hydrogen (secondary N) is 1. The van der Waals surface area contributed by atoms with E-state index in [9.17, 15) is 9.59 Å². The molecule has 1 aromatic heterocycles. The highest BCUT2D eigenvalue weighted by Crippen LogP contribution is 2.34. The minimum Gasteiger partial charge on any atom is -0.476 e. The van der Waals surface area contributed by atoms with Gasteiger partial charge in [-0.15, -0.1) is 11.8 Å². The summed E-state index contributed by atoms with van der Waals surface area (Å²) in [6.07, 6.45) is 1.09. The number of carbonyl (C=O) groups is 2. The van der Waals surface area contributed by atoms with Crippen molar-refractivity contribution in [1.29, 1.82) is 0 Å². The van der Waals surface area contributed by atoms with E-state index >= 15 is 0 Å². The van der Waals surface area contributed by atoms with Crippen LogP contribution in [-0.2, 0) is 4.79 Å². The molecule has 2 N–H and O–H groups in total. The fourth-order valence-corrected chi connectivity index (χ4v) is 2.51. The molecule has 0 radical (unpaired) electrons. The maximum Gasteiger partial charge on any atom is 0.357 e. The molecule has 1 aliphatic heterocycles. The number of benzene rings is 1. The molecule has 0 spiro atoms. The fraction of sp³-hybridized carbons (Fsp3) is 0.0833. The average molecular weight is 276 g/mol. The molecule has 1 amide bonds. The van der Waals surface area contributed by atoms with Crippen molar-refractivity contribution in [1.82, 2.24) is 4.98 Å². The number of thioether (sulfide) groups is 1. The minimum atomic E-state index is -1.14. The predicted octanol–water partition coefficient (Wildman–Crippen LogP) is 2.08. The van der Waals surface area contributed by atoms with E-state index in [-0.39, 0.29) is 17.5 Å². The summed E-state index contributed by atoms with van der Waals surface area (Å²) in [5.41, 5.74) is 1.16. The van der Waals surface area contributed by atoms with Gasteiger partial charge >= 0.3 is 5.97 Å². The Morgan fingerprint density at radius 2 is 2.32 bits per heavy atom. The first kappa shape index (κ1) is 11.8. The van der Waals surface area contributed by atoms with Crippen molar-refractivity contribution < 1.29 is 19.1 Å². The second kappa shape index (κ2) is 4.43. The van der Waals surface area contributed by atoms with Crippen LogP contribution in [0.25, 0.3) is 11.5 Å². The van der Waals surface area contributed by atoms with Gasteiger partial charge in [-0.2, -0.15) is 0 Å². The number of anilines is 1. The van der Waals surface area contributed by atoms with Crippen molar-refractivity contribution in [3.8, 4) is 11.5 Å². The Hall–Kier alpha value is -2.28. The normalized spacial score (nSPS) is 13.8. The number of carboxylic acid groups (broad SMARTS) is 1. The van der Waals surface area contributed by atoms with Crippen molar-refractivity contribution in [2.45, 2.75) is 4.90 Å². The topological polar surface area (TPSA) is 92.4 Å². The van der Waals surface area contributed by atoms with Crippen LogP contribution in [0.5, 0.6) is 0 Å². The van der Waals surface area contributed by atoms with Crippen LogP contribution in [0.15, 0.2) is 33.8 Å². The fourth-order valence-electron chi connectivity index (χ4n) is 1.72. The van der Waals surface area contributed by atoms with Gasteiger partial charge in [0.2, 0.25) is 11.8 Å². The maximum absolute atomic E-state index is 11.3. The quantitative estimate of drug-likeness (QED) is 0.872. The van der Waals surface area contributed by atoms with Gasteiger partial charge in [0.25, 0.3) is 0 Å². The maximum atomic E-state index is 11.3. The van der Waals surface area contributed by atoms with Crippen LogP contribution in [0, 0.1) is 0 Å². The minimum absolute atomic E-state index is 0.0618. The second-order valence-corrected chi connectivity index (χ2v) is 4.91. The summed E-state index contributed by atoms with van der Waals surface area (Å²) in [6, 6.07) is 5.34. The van der Waals surface area contributed by atoms with Gasteiger partial charge in [0, 0.05) is 10.5 Å². The van der Waals surface area contributed by atoms with E-state index < -0.39 is 5.97 Å². The molecule has 1 aromatic carbocycles. The van der Waals surface area contributed by atoms with Crippen molar-refractivity contribution in [3.05, 3.63) is 30.2 Å². The van der Waals surface area contributed by atoms with E-state index in [1.54, 1.807) is 12.1 Å². The van der Waals surface area contributed by atoms with Gasteiger partial charge in [0.1, 0.15) is 6.26 Å². The molecular formula is C12H8N2O4S. The molecule has 2 aromatic rings. The van der Waals surface area contributed by atoms with E-state index in [2.05, 4.69) is 10.3 Å². The number of nitrogens with zero attached hydrogens (tertiary/aromatic N) is 1. The Morgan fingerprint density at radius 1 is 1.47 bits per heavy atom. The summed E-state index contributed by atoms with van der Waals surface area (Å²) in [7, 11) is 0. The molecule has 0 unspecified atom stereocenters. The Bertz CT molecular complexity index is 680. The number of hydrogen-bond donors (Lipinski definition) is 2. The Morgan fingerprint density at radius 3 is 3.05 bits per heavy atom. The van der Waals surface area contributed by atoms with Crippen LogP contribution >= 0.6 is 11.8 Å². The highest BCUT2D eigenvalue weighted by Gasteiger charge is 2.18. The van der Waals surface area contributed by atoms with Crippen LogP contribution < -0.4 is 5.32 Å². The smallest absolute Gasteiger partial charge is 0.357 e. The zero-order chi connectivity index (χ0) is 13.4. The third-order valence-electron chi connectivity index (χ3n) is 2.58. The Balaban J connectivity index is 1.99. The number of carbonyl (C=O) groups excluding carboxylic acids is 1. The van der Waals surface area contributed by atoms with Gasteiger partial charge < -0.3 is 14.8 Å². The van der Waals surface area contributed by atoms with Gasteiger partial charge in [-0.3, -0.25) is 4.79 Å². The summed E-state index contributed by atoms with van der Waals surface area (Å²) >= 11 is 1.45. The van der Waals surface area contributed by atoms with Crippen LogP contribution in [0.2, 0.25) is 0 Å². The Kier molecular flexibility index (Phi) is 2.75. The molecule has 0 atom stereocenters. The molecule has 3 rings (SSSR count). The third-order valence-corrected chi connectivity index (χ3v) is 3.66. The number of fused-ring (bicyclic) bond motifs is 1. The van der Waals surface area contributed by atoms with E-state index in [1.807, 2.05) is 6.07 Å². The van der Waals surface area contributed by atoms with Gasteiger partial charge in [0.15, 0.2) is 5.69 Å². The monoisotopic (exact) mass is 276 g/mol. The molecule has 96 valence electrons. The third kappa shape index (κ3) is 2.19. The zero-order valence-electron chi connectivity index (χ0n) is 9.54. The number of amides is 1. The number of aromatic carboxylic acids is 1. The molecule has 7 heteroatoms. The predicted molar refractivity (Wildman–Crippen MR) is 68.3 cm³/mol. The lowest BCUT2D eigenvalue weighted by Gasteiger charge is -2.16. The SMILES string of the molecule is O=C1CSc2ccc(-c3nc(C(=O)O)co3)cc2N1. The van der Waals surface area contributed by atoms with Crippen LogP contribution in [0.4, 0.5) is 5.69 Å². The van der Waals surface area contributed by atoms with Crippen molar-refractivity contribution in [2.75, 3.05) is 11.1 Å². The van der Waals surface area contributed by atoms with Gasteiger partial charge in [-0.05, 0) is 18.2 Å². The van der Waals surface area contributed by atoms with Gasteiger partial charge in [0.05, 0.1) is 11.4 Å². The highest BCUT2D eigenvalue weighted by molar-refractivity contribution is 8.00. The van der Waals surface area contributed by atoms with Crippen molar-refractivity contribution >= 4 is 29.3 Å². The number of rotatable bonds is 2. The molecule has 2 heterocycles. The molecule has 6 nitrogen and oxygen atoms in total. The average Bonchev–Trinajstić information content (AvgIpc) is 2.87. The molecule has 0 aliphatic carbocycles. The molecule has 19 heavy (non-hydrogen) atoms. The van der Waals surface area contributed by atoms with Crippen molar-refractivity contribution in [2.24, 2.45) is 0 Å². The molecule has 0 saturated carbocycles. The van der Waals surface area contributed by atoms with E-state index in [4.69, 9.17) is 9.52 Å². The van der Waals surface area contributed by atoms with E-state index in [1.165, 1.54) is 11.8 Å². The van der Waals surface area contributed by atoms with Crippen LogP contribution in [-0.4, -0.2) is 27.7 Å². The Labute approximate surface area is 111 Å². The van der Waals surface area contributed by atoms with Crippen LogP contribution in [0.1, 0.15) is 10.5 Å². The van der Waals surface area contributed by atoms with Crippen molar-refractivity contribution in [3.63, 3.8) is 0 Å². The lowest BCUT2D eigenvalue weighted by Crippen LogP contribution is -2.18. The number of hydrogen-bond acceptors (Lipinski definition) is 5. The summed E-state index contributed by atoms with van der Waals surface area (Å²) in [5.74, 6) is -0.593. The first-order chi connectivity index (χ1) is 9.13. The summed E-state index contributed by atoms with van der Waals surface area (Å²) in [5, 5.41) is 11.5. The molecule has 1 aliphatic rings. The summed E-state index contributed by atoms with van der Waals surface area (Å²) in [4.78, 5) is 26.9. The molecular weight excluding hydrogens is 268 g/mol. The van der Waals surface area contributed by atoms with Crippen LogP contribution in [0.3, 0.4) is 0 Å². The largest absolute Gasteiger partial charge is 0.476 e. The van der Waals surface area contributed by atoms with Gasteiger partial charge in [-0.1, -0.05) is 0 Å². The molecule has 0 fully saturated rings. The standard InChI is InChI=1S/C12H8N2O4S/c15-10-5-19-9-2-1-6(3-7(9)13-10)11-14-8(4-18-11)12(16)17/h1-4H,5H2,(H,13,15)(H,16,17). The summed E-state index contributed by atoms with van der Waals surface area (Å²) in [6.45, 7) is 0. The number of oxazole rings is 1. The van der Waals surface area contributed by atoms with Gasteiger partial charge in [-0.25, -0.2) is 9.78 Å². The van der Waals surface area contributed by atoms with E-state index in [0.29, 0.717) is 17.0 Å². The number of aromatic nitrogens is 1. The highest BCUT2D eigenvalue weighted by atomic mass is 32.2. The first-order valence-electron chi connectivity index (χ1n) is 5.39. The molecule has 0 saturated heterocycles. The first-order valence-corrected chi connectivity index (χ1v) is 6.38. The van der Waals surface area contributed by atoms with E-state index in [0.717, 1.165) is 11.2 Å². The zero-order valence-corrected chi connectivity index (χ0v) is 10.4. The number of carboxylic acids is 1. The summed E-state index contributed by atoms with van der Waals surface area (Å²) < 4.78 is 5.12.